The van der Waals surface area contributed by atoms with Crippen LogP contribution in [0.1, 0.15) is 32.6 Å². The zero-order chi connectivity index (χ0) is 8.48. The Morgan fingerprint density at radius 1 is 1.55 bits per heavy atom. The van der Waals surface area contributed by atoms with Gasteiger partial charge in [0.15, 0.2) is 0 Å². The lowest BCUT2D eigenvalue weighted by Gasteiger charge is -2.31. The molecule has 0 spiro atoms. The molecule has 0 radical (unpaired) electrons. The van der Waals surface area contributed by atoms with Gasteiger partial charge in [0.2, 0.25) is 0 Å². The summed E-state index contributed by atoms with van der Waals surface area (Å²) in [5, 5.41) is 8.84. The van der Waals surface area contributed by atoms with E-state index in [1.807, 2.05) is 0 Å². The number of nitrogens with two attached hydrogens (primary N) is 1. The van der Waals surface area contributed by atoms with Crippen LogP contribution >= 0.6 is 0 Å². The van der Waals surface area contributed by atoms with Gasteiger partial charge in [-0.3, -0.25) is 4.79 Å². The fraction of sp³-hybridized carbons (Fsp3) is 0.875. The summed E-state index contributed by atoms with van der Waals surface area (Å²) in [4.78, 5) is 10.7. The van der Waals surface area contributed by atoms with Crippen LogP contribution in [0.4, 0.5) is 0 Å². The molecule has 1 aliphatic carbocycles. The number of rotatable bonds is 1. The zero-order valence-corrected chi connectivity index (χ0v) is 6.84. The van der Waals surface area contributed by atoms with Crippen LogP contribution in [0.3, 0.4) is 0 Å². The van der Waals surface area contributed by atoms with E-state index in [2.05, 4.69) is 0 Å². The molecular formula is C8H15NO2. The number of carbonyl (C=O) groups is 1. The molecule has 1 fully saturated rings. The molecule has 3 N–H and O–H groups in total. The van der Waals surface area contributed by atoms with Gasteiger partial charge in [0, 0.05) is 6.04 Å². The average Bonchev–Trinajstić information content (AvgIpc) is 1.95. The molecule has 64 valence electrons. The molecule has 0 aromatic rings. The first kappa shape index (κ1) is 8.53. The van der Waals surface area contributed by atoms with Crippen LogP contribution < -0.4 is 5.73 Å². The molecule has 1 saturated carbocycles. The molecule has 3 nitrogen and oxygen atoms in total. The molecule has 0 aliphatic heterocycles. The highest BCUT2D eigenvalue weighted by molar-refractivity contribution is 5.74. The third kappa shape index (κ3) is 1.71. The molecule has 1 rings (SSSR count). The summed E-state index contributed by atoms with van der Waals surface area (Å²) < 4.78 is 0. The highest BCUT2D eigenvalue weighted by Crippen LogP contribution is 2.35. The van der Waals surface area contributed by atoms with E-state index in [1.54, 1.807) is 6.92 Å². The molecule has 11 heavy (non-hydrogen) atoms. The van der Waals surface area contributed by atoms with Crippen molar-refractivity contribution in [2.24, 2.45) is 11.1 Å². The number of hydrogen-bond acceptors (Lipinski definition) is 2. The first-order valence-electron chi connectivity index (χ1n) is 4.03. The standard InChI is InChI=1S/C8H15NO2/c1-8(7(10)11)4-2-6(9)3-5-8/h6H,2-5,9H2,1H3,(H,10,11). The summed E-state index contributed by atoms with van der Waals surface area (Å²) in [5.74, 6) is -0.676. The molecule has 0 saturated heterocycles. The van der Waals surface area contributed by atoms with Gasteiger partial charge in [0.25, 0.3) is 0 Å². The van der Waals surface area contributed by atoms with E-state index in [9.17, 15) is 4.79 Å². The van der Waals surface area contributed by atoms with Crippen molar-refractivity contribution >= 4 is 5.97 Å². The van der Waals surface area contributed by atoms with Gasteiger partial charge < -0.3 is 10.8 Å². The minimum atomic E-state index is -0.676. The van der Waals surface area contributed by atoms with Gasteiger partial charge in [-0.15, -0.1) is 0 Å². The SMILES string of the molecule is CC1(C(=O)O)CCC(N)CC1. The van der Waals surface area contributed by atoms with Crippen LogP contribution in [0.5, 0.6) is 0 Å². The van der Waals surface area contributed by atoms with Crippen LogP contribution in [0.25, 0.3) is 0 Å². The fourth-order valence-electron chi connectivity index (χ4n) is 1.49. The third-order valence-electron chi connectivity index (χ3n) is 2.65. The number of carboxylic acid groups (broad SMARTS) is 1. The summed E-state index contributed by atoms with van der Waals surface area (Å²) in [6.07, 6.45) is 3.15. The molecular weight excluding hydrogens is 142 g/mol. The third-order valence-corrected chi connectivity index (χ3v) is 2.65. The molecule has 0 unspecified atom stereocenters. The van der Waals surface area contributed by atoms with E-state index < -0.39 is 11.4 Å². The Balaban J connectivity index is 2.55. The van der Waals surface area contributed by atoms with Gasteiger partial charge in [0.05, 0.1) is 5.41 Å². The Kier molecular flexibility index (Phi) is 2.18. The first-order chi connectivity index (χ1) is 5.04. The van der Waals surface area contributed by atoms with Gasteiger partial charge in [-0.05, 0) is 32.6 Å². The Hall–Kier alpha value is -0.570. The summed E-state index contributed by atoms with van der Waals surface area (Å²) in [6.45, 7) is 1.81. The second kappa shape index (κ2) is 2.81. The maximum atomic E-state index is 10.7. The van der Waals surface area contributed by atoms with Crippen LogP contribution in [-0.2, 0) is 4.79 Å². The molecule has 1 aliphatic rings. The largest absolute Gasteiger partial charge is 0.481 e. The summed E-state index contributed by atoms with van der Waals surface area (Å²) in [7, 11) is 0. The van der Waals surface area contributed by atoms with Crippen LogP contribution in [0.2, 0.25) is 0 Å². The van der Waals surface area contributed by atoms with E-state index in [4.69, 9.17) is 10.8 Å². The molecule has 0 aromatic carbocycles. The van der Waals surface area contributed by atoms with Gasteiger partial charge in [-0.1, -0.05) is 0 Å². The predicted octanol–water partition coefficient (Wildman–Crippen LogP) is 0.979. The maximum absolute atomic E-state index is 10.7. The highest BCUT2D eigenvalue weighted by Gasteiger charge is 2.36. The quantitative estimate of drug-likeness (QED) is 0.596. The van der Waals surface area contributed by atoms with Crippen molar-refractivity contribution in [3.8, 4) is 0 Å². The van der Waals surface area contributed by atoms with Crippen LogP contribution in [0.15, 0.2) is 0 Å². The number of hydrogen-bond donors (Lipinski definition) is 2. The first-order valence-corrected chi connectivity index (χ1v) is 4.03. The molecule has 3 heteroatoms. The Bertz CT molecular complexity index is 159. The minimum Gasteiger partial charge on any atom is -0.481 e. The minimum absolute atomic E-state index is 0.224. The van der Waals surface area contributed by atoms with Gasteiger partial charge in [0.1, 0.15) is 0 Å². The van der Waals surface area contributed by atoms with Gasteiger partial charge in [-0.2, -0.15) is 0 Å². The summed E-state index contributed by atoms with van der Waals surface area (Å²) >= 11 is 0. The van der Waals surface area contributed by atoms with Gasteiger partial charge >= 0.3 is 5.97 Å². The van der Waals surface area contributed by atoms with E-state index >= 15 is 0 Å². The smallest absolute Gasteiger partial charge is 0.309 e. The van der Waals surface area contributed by atoms with Crippen LogP contribution in [-0.4, -0.2) is 17.1 Å². The Morgan fingerprint density at radius 3 is 2.36 bits per heavy atom. The monoisotopic (exact) mass is 157 g/mol. The average molecular weight is 157 g/mol. The lowest BCUT2D eigenvalue weighted by molar-refractivity contribution is -0.149. The maximum Gasteiger partial charge on any atom is 0.309 e. The van der Waals surface area contributed by atoms with E-state index in [0.717, 1.165) is 25.7 Å². The molecule has 0 bridgehead atoms. The van der Waals surface area contributed by atoms with Gasteiger partial charge in [-0.25, -0.2) is 0 Å². The second-order valence-corrected chi connectivity index (χ2v) is 3.70. The highest BCUT2D eigenvalue weighted by atomic mass is 16.4. The lowest BCUT2D eigenvalue weighted by Crippen LogP contribution is -2.37. The molecule has 0 heterocycles. The predicted molar refractivity (Wildman–Crippen MR) is 42.2 cm³/mol. The number of aliphatic carboxylic acids is 1. The Morgan fingerprint density at radius 2 is 2.00 bits per heavy atom. The van der Waals surface area contributed by atoms with E-state index in [0.29, 0.717) is 0 Å². The zero-order valence-electron chi connectivity index (χ0n) is 6.84. The van der Waals surface area contributed by atoms with Crippen molar-refractivity contribution in [1.29, 1.82) is 0 Å². The van der Waals surface area contributed by atoms with Crippen molar-refractivity contribution in [2.75, 3.05) is 0 Å². The normalized spacial score (nSPS) is 38.5. The topological polar surface area (TPSA) is 63.3 Å². The second-order valence-electron chi connectivity index (χ2n) is 3.70. The van der Waals surface area contributed by atoms with Crippen molar-refractivity contribution in [1.82, 2.24) is 0 Å². The van der Waals surface area contributed by atoms with Crippen LogP contribution in [0, 0.1) is 5.41 Å². The van der Waals surface area contributed by atoms with Crippen molar-refractivity contribution in [2.45, 2.75) is 38.6 Å². The fourth-order valence-corrected chi connectivity index (χ4v) is 1.49. The number of carboxylic acids is 1. The molecule has 0 amide bonds. The molecule has 0 aromatic heterocycles. The molecule has 0 atom stereocenters. The van der Waals surface area contributed by atoms with Crippen molar-refractivity contribution < 1.29 is 9.90 Å². The summed E-state index contributed by atoms with van der Waals surface area (Å²) in [6, 6.07) is 0.224. The lowest BCUT2D eigenvalue weighted by atomic mass is 9.74. The summed E-state index contributed by atoms with van der Waals surface area (Å²) in [5.41, 5.74) is 5.16. The van der Waals surface area contributed by atoms with Crippen molar-refractivity contribution in [3.63, 3.8) is 0 Å². The van der Waals surface area contributed by atoms with E-state index in [-0.39, 0.29) is 6.04 Å². The Labute approximate surface area is 66.6 Å². The van der Waals surface area contributed by atoms with E-state index in [1.165, 1.54) is 0 Å². The van der Waals surface area contributed by atoms with Crippen molar-refractivity contribution in [3.05, 3.63) is 0 Å².